The van der Waals surface area contributed by atoms with Gasteiger partial charge in [0, 0.05) is 36.3 Å². The summed E-state index contributed by atoms with van der Waals surface area (Å²) in [4.78, 5) is 33.9. The molecule has 7 heteroatoms. The van der Waals surface area contributed by atoms with Crippen molar-refractivity contribution in [3.05, 3.63) is 64.7 Å². The van der Waals surface area contributed by atoms with Crippen molar-refractivity contribution in [2.24, 2.45) is 0 Å². The maximum absolute atomic E-state index is 12.6. The van der Waals surface area contributed by atoms with Crippen molar-refractivity contribution in [2.75, 3.05) is 26.8 Å². The van der Waals surface area contributed by atoms with Gasteiger partial charge in [0.1, 0.15) is 17.0 Å². The summed E-state index contributed by atoms with van der Waals surface area (Å²) in [5.74, 6) is 1.39. The molecular formula is C22H23N3O4. The molecule has 0 aliphatic carbocycles. The normalized spacial score (nSPS) is 16.6. The van der Waals surface area contributed by atoms with E-state index in [2.05, 4.69) is 9.97 Å². The molecule has 7 nitrogen and oxygen atoms in total. The van der Waals surface area contributed by atoms with E-state index >= 15 is 0 Å². The molecular weight excluding hydrogens is 370 g/mol. The van der Waals surface area contributed by atoms with E-state index in [1.807, 2.05) is 23.1 Å². The number of aromatic nitrogens is 2. The van der Waals surface area contributed by atoms with E-state index in [9.17, 15) is 9.59 Å². The van der Waals surface area contributed by atoms with Crippen LogP contribution in [0.15, 0.2) is 53.5 Å². The zero-order chi connectivity index (χ0) is 20.2. The van der Waals surface area contributed by atoms with Crippen LogP contribution in [0, 0.1) is 0 Å². The Morgan fingerprint density at radius 2 is 2.03 bits per heavy atom. The quantitative estimate of drug-likeness (QED) is 0.721. The lowest BCUT2D eigenvalue weighted by Gasteiger charge is -2.32. The minimum Gasteiger partial charge on any atom is -0.497 e. The van der Waals surface area contributed by atoms with Crippen molar-refractivity contribution in [3.63, 3.8) is 0 Å². The Hall–Kier alpha value is -3.35. The molecule has 3 aromatic rings. The highest BCUT2D eigenvalue weighted by Gasteiger charge is 2.26. The molecule has 1 amide bonds. The summed E-state index contributed by atoms with van der Waals surface area (Å²) in [6, 6.07) is 12.8. The van der Waals surface area contributed by atoms with Gasteiger partial charge in [0.2, 0.25) is 0 Å². The molecule has 0 saturated carbocycles. The molecule has 2 aromatic heterocycles. The summed E-state index contributed by atoms with van der Waals surface area (Å²) in [7, 11) is 1.60. The zero-order valence-corrected chi connectivity index (χ0v) is 16.3. The highest BCUT2D eigenvalue weighted by atomic mass is 16.5. The molecule has 0 radical (unpaired) electrons. The van der Waals surface area contributed by atoms with Gasteiger partial charge in [-0.1, -0.05) is 6.07 Å². The molecule has 150 valence electrons. The van der Waals surface area contributed by atoms with Crippen LogP contribution in [0.1, 0.15) is 24.5 Å². The highest BCUT2D eigenvalue weighted by molar-refractivity contribution is 5.79. The van der Waals surface area contributed by atoms with Crippen LogP contribution >= 0.6 is 0 Å². The van der Waals surface area contributed by atoms with Crippen LogP contribution in [0.5, 0.6) is 11.5 Å². The number of methoxy groups -OCH3 is 1. The van der Waals surface area contributed by atoms with Crippen molar-refractivity contribution in [3.8, 4) is 11.5 Å². The number of likely N-dealkylation sites (tertiary alicyclic amines) is 1. The number of amides is 1. The standard InChI is InChI=1S/C22H23N3O4/c1-28-17-6-8-18(9-7-17)29-14-20(26)25-11-3-5-16(13-25)19-12-15-4-2-10-23-21(15)22(27)24-19/h2,4,6-10,12,16H,3,5,11,13-14H2,1H3,(H,24,27)/t16-/m1/s1. The second-order valence-corrected chi connectivity index (χ2v) is 7.14. The van der Waals surface area contributed by atoms with Crippen LogP contribution in [-0.2, 0) is 4.79 Å². The van der Waals surface area contributed by atoms with Crippen molar-refractivity contribution in [1.82, 2.24) is 14.9 Å². The average molecular weight is 393 g/mol. The molecule has 1 atom stereocenters. The fourth-order valence-electron chi connectivity index (χ4n) is 3.70. The molecule has 1 aliphatic rings. The molecule has 0 unspecified atom stereocenters. The van der Waals surface area contributed by atoms with Gasteiger partial charge in [-0.25, -0.2) is 0 Å². The predicted molar refractivity (Wildman–Crippen MR) is 109 cm³/mol. The Morgan fingerprint density at radius 1 is 1.24 bits per heavy atom. The highest BCUT2D eigenvalue weighted by Crippen LogP contribution is 2.26. The van der Waals surface area contributed by atoms with E-state index in [1.165, 1.54) is 0 Å². The number of aromatic amines is 1. The molecule has 1 N–H and O–H groups in total. The summed E-state index contributed by atoms with van der Waals surface area (Å²) in [5.41, 5.74) is 1.10. The number of carbonyl (C=O) groups excluding carboxylic acids is 1. The third-order valence-corrected chi connectivity index (χ3v) is 5.26. The number of hydrogen-bond acceptors (Lipinski definition) is 5. The Bertz CT molecular complexity index is 1060. The first-order valence-corrected chi connectivity index (χ1v) is 9.66. The second kappa shape index (κ2) is 8.34. The summed E-state index contributed by atoms with van der Waals surface area (Å²) >= 11 is 0. The topological polar surface area (TPSA) is 84.5 Å². The number of pyridine rings is 2. The van der Waals surface area contributed by atoms with Crippen LogP contribution in [0.4, 0.5) is 0 Å². The Balaban J connectivity index is 1.42. The number of nitrogens with one attached hydrogen (secondary N) is 1. The fraction of sp³-hybridized carbons (Fsp3) is 0.318. The number of benzene rings is 1. The smallest absolute Gasteiger partial charge is 0.274 e. The Morgan fingerprint density at radius 3 is 2.83 bits per heavy atom. The molecule has 29 heavy (non-hydrogen) atoms. The van der Waals surface area contributed by atoms with E-state index in [0.29, 0.717) is 24.4 Å². The molecule has 3 heterocycles. The second-order valence-electron chi connectivity index (χ2n) is 7.14. The van der Waals surface area contributed by atoms with Crippen molar-refractivity contribution < 1.29 is 14.3 Å². The number of fused-ring (bicyclic) bond motifs is 1. The third kappa shape index (κ3) is 4.23. The van der Waals surface area contributed by atoms with Crippen LogP contribution in [-0.4, -0.2) is 47.6 Å². The first-order chi connectivity index (χ1) is 14.1. The van der Waals surface area contributed by atoms with Gasteiger partial charge in [0.15, 0.2) is 6.61 Å². The van der Waals surface area contributed by atoms with Gasteiger partial charge < -0.3 is 19.4 Å². The molecule has 1 aromatic carbocycles. The van der Waals surface area contributed by atoms with Crippen LogP contribution in [0.3, 0.4) is 0 Å². The number of ether oxygens (including phenoxy) is 2. The van der Waals surface area contributed by atoms with Gasteiger partial charge in [-0.3, -0.25) is 14.6 Å². The molecule has 1 fully saturated rings. The lowest BCUT2D eigenvalue weighted by Crippen LogP contribution is -2.42. The molecule has 1 saturated heterocycles. The number of rotatable bonds is 5. The minimum atomic E-state index is -0.190. The first-order valence-electron chi connectivity index (χ1n) is 9.66. The van der Waals surface area contributed by atoms with Crippen LogP contribution in [0.25, 0.3) is 10.9 Å². The molecule has 0 bridgehead atoms. The number of carbonyl (C=O) groups is 1. The van der Waals surface area contributed by atoms with Crippen molar-refractivity contribution >= 4 is 16.8 Å². The number of hydrogen-bond donors (Lipinski definition) is 1. The minimum absolute atomic E-state index is 0.0167. The lowest BCUT2D eigenvalue weighted by molar-refractivity contribution is -0.134. The lowest BCUT2D eigenvalue weighted by atomic mass is 9.93. The first kappa shape index (κ1) is 19.0. The SMILES string of the molecule is COc1ccc(OCC(=O)N2CCC[C@@H](c3cc4cccnc4c(=O)[nH]3)C2)cc1. The van der Waals surface area contributed by atoms with E-state index in [1.54, 1.807) is 37.6 Å². The summed E-state index contributed by atoms with van der Waals surface area (Å²) in [6.45, 7) is 1.24. The van der Waals surface area contributed by atoms with E-state index < -0.39 is 0 Å². The summed E-state index contributed by atoms with van der Waals surface area (Å²) < 4.78 is 10.7. The number of nitrogens with zero attached hydrogens (tertiary/aromatic N) is 2. The van der Waals surface area contributed by atoms with Gasteiger partial charge in [-0.05, 0) is 49.2 Å². The number of piperidine rings is 1. The molecule has 0 spiro atoms. The van der Waals surface area contributed by atoms with Crippen molar-refractivity contribution in [2.45, 2.75) is 18.8 Å². The van der Waals surface area contributed by atoms with E-state index in [0.717, 1.165) is 29.7 Å². The fourth-order valence-corrected chi connectivity index (χ4v) is 3.70. The Labute approximate surface area is 168 Å². The van der Waals surface area contributed by atoms with E-state index in [4.69, 9.17) is 9.47 Å². The van der Waals surface area contributed by atoms with Crippen LogP contribution < -0.4 is 15.0 Å². The van der Waals surface area contributed by atoms with Crippen molar-refractivity contribution in [1.29, 1.82) is 0 Å². The Kier molecular flexibility index (Phi) is 5.46. The summed E-state index contributed by atoms with van der Waals surface area (Å²) in [5, 5.41) is 0.817. The number of H-pyrrole nitrogens is 1. The maximum Gasteiger partial charge on any atom is 0.274 e. The van der Waals surface area contributed by atoms with Gasteiger partial charge in [-0.15, -0.1) is 0 Å². The van der Waals surface area contributed by atoms with Gasteiger partial charge in [0.25, 0.3) is 11.5 Å². The van der Waals surface area contributed by atoms with Gasteiger partial charge in [-0.2, -0.15) is 0 Å². The monoisotopic (exact) mass is 393 g/mol. The predicted octanol–water partition coefficient (Wildman–Crippen LogP) is 2.72. The van der Waals surface area contributed by atoms with Crippen LogP contribution in [0.2, 0.25) is 0 Å². The van der Waals surface area contributed by atoms with Gasteiger partial charge >= 0.3 is 0 Å². The average Bonchev–Trinajstić information content (AvgIpc) is 2.78. The third-order valence-electron chi connectivity index (χ3n) is 5.26. The zero-order valence-electron chi connectivity index (χ0n) is 16.3. The molecule has 4 rings (SSSR count). The summed E-state index contributed by atoms with van der Waals surface area (Å²) in [6.07, 6.45) is 3.41. The maximum atomic E-state index is 12.6. The van der Waals surface area contributed by atoms with E-state index in [-0.39, 0.29) is 24.0 Å². The van der Waals surface area contributed by atoms with Gasteiger partial charge in [0.05, 0.1) is 7.11 Å². The largest absolute Gasteiger partial charge is 0.497 e. The molecule has 1 aliphatic heterocycles.